The zero-order valence-electron chi connectivity index (χ0n) is 14.5. The molecule has 1 aromatic carbocycles. The van der Waals surface area contributed by atoms with Crippen molar-refractivity contribution in [3.8, 4) is 0 Å². The van der Waals surface area contributed by atoms with Crippen molar-refractivity contribution in [1.29, 1.82) is 0 Å². The summed E-state index contributed by atoms with van der Waals surface area (Å²) in [6, 6.07) is 9.53. The fourth-order valence-corrected chi connectivity index (χ4v) is 2.78. The third kappa shape index (κ3) is 5.02. The Bertz CT molecular complexity index is 476. The summed E-state index contributed by atoms with van der Waals surface area (Å²) in [4.78, 5) is 9.13. The lowest BCUT2D eigenvalue weighted by atomic mass is 10.1. The molecule has 122 valence electrons. The quantitative estimate of drug-likeness (QED) is 0.620. The summed E-state index contributed by atoms with van der Waals surface area (Å²) >= 11 is 0. The van der Waals surface area contributed by atoms with Crippen LogP contribution in [0.15, 0.2) is 29.3 Å². The lowest BCUT2D eigenvalue weighted by Gasteiger charge is -2.24. The van der Waals surface area contributed by atoms with Crippen LogP contribution >= 0.6 is 0 Å². The van der Waals surface area contributed by atoms with Crippen LogP contribution in [-0.2, 0) is 6.54 Å². The second kappa shape index (κ2) is 8.18. The molecule has 1 N–H and O–H groups in total. The highest BCUT2D eigenvalue weighted by Crippen LogP contribution is 2.25. The van der Waals surface area contributed by atoms with Gasteiger partial charge in [0.25, 0.3) is 0 Å². The highest BCUT2D eigenvalue weighted by atomic mass is 15.3. The van der Waals surface area contributed by atoms with Crippen LogP contribution in [0, 0.1) is 6.92 Å². The van der Waals surface area contributed by atoms with E-state index in [0.717, 1.165) is 38.2 Å². The molecule has 1 aliphatic carbocycles. The number of nitrogens with one attached hydrogen (secondary N) is 1. The molecule has 0 spiro atoms. The molecular formula is C18H30N4. The third-order valence-electron chi connectivity index (χ3n) is 4.27. The fourth-order valence-electron chi connectivity index (χ4n) is 2.78. The lowest BCUT2D eigenvalue weighted by molar-refractivity contribution is 0.280. The van der Waals surface area contributed by atoms with E-state index in [4.69, 9.17) is 0 Å². The summed E-state index contributed by atoms with van der Waals surface area (Å²) in [5, 5.41) is 3.48. The van der Waals surface area contributed by atoms with Crippen molar-refractivity contribution in [2.45, 2.75) is 39.3 Å². The monoisotopic (exact) mass is 302 g/mol. The highest BCUT2D eigenvalue weighted by Gasteiger charge is 2.27. The fraction of sp³-hybridized carbons (Fsp3) is 0.611. The van der Waals surface area contributed by atoms with Gasteiger partial charge in [0.05, 0.1) is 0 Å². The van der Waals surface area contributed by atoms with Gasteiger partial charge in [-0.3, -0.25) is 9.89 Å². The molecule has 0 aliphatic heterocycles. The van der Waals surface area contributed by atoms with Crippen LogP contribution in [0.2, 0.25) is 0 Å². The first-order valence-corrected chi connectivity index (χ1v) is 8.35. The van der Waals surface area contributed by atoms with Crippen LogP contribution in [0.3, 0.4) is 0 Å². The van der Waals surface area contributed by atoms with Crippen molar-refractivity contribution in [3.63, 3.8) is 0 Å². The zero-order valence-corrected chi connectivity index (χ0v) is 14.5. The number of guanidine groups is 1. The van der Waals surface area contributed by atoms with Gasteiger partial charge in [-0.1, -0.05) is 36.8 Å². The first-order chi connectivity index (χ1) is 10.6. The van der Waals surface area contributed by atoms with E-state index >= 15 is 0 Å². The van der Waals surface area contributed by atoms with E-state index in [9.17, 15) is 0 Å². The minimum absolute atomic E-state index is 0.833. The summed E-state index contributed by atoms with van der Waals surface area (Å²) in [6.45, 7) is 8.43. The first-order valence-electron chi connectivity index (χ1n) is 8.35. The van der Waals surface area contributed by atoms with Gasteiger partial charge in [-0.15, -0.1) is 0 Å². The Morgan fingerprint density at radius 2 is 1.95 bits per heavy atom. The van der Waals surface area contributed by atoms with Crippen LogP contribution < -0.4 is 5.32 Å². The normalized spacial score (nSPS) is 15.2. The van der Waals surface area contributed by atoms with Crippen molar-refractivity contribution in [1.82, 2.24) is 15.1 Å². The number of hydrogen-bond acceptors (Lipinski definition) is 2. The van der Waals surface area contributed by atoms with Crippen molar-refractivity contribution in [2.75, 3.05) is 33.7 Å². The van der Waals surface area contributed by atoms with E-state index in [1.54, 1.807) is 0 Å². The predicted molar refractivity (Wildman–Crippen MR) is 94.3 cm³/mol. The molecule has 1 aromatic rings. The molecule has 1 saturated carbocycles. The Balaban J connectivity index is 1.78. The molecule has 4 heteroatoms. The minimum atomic E-state index is 0.833. The Morgan fingerprint density at radius 1 is 1.27 bits per heavy atom. The van der Waals surface area contributed by atoms with E-state index in [2.05, 4.69) is 65.3 Å². The Morgan fingerprint density at radius 3 is 2.50 bits per heavy atom. The Labute approximate surface area is 135 Å². The van der Waals surface area contributed by atoms with Gasteiger partial charge in [0.15, 0.2) is 5.96 Å². The molecule has 0 bridgehead atoms. The summed E-state index contributed by atoms with van der Waals surface area (Å²) in [5.74, 6) is 0.965. The SMILES string of the molecule is CCN(CCNC(=NC)N(C)Cc1ccc(C)cc1)C1CC1. The third-order valence-corrected chi connectivity index (χ3v) is 4.27. The molecule has 2 rings (SSSR count). The van der Waals surface area contributed by atoms with Crippen LogP contribution in [0.1, 0.15) is 30.9 Å². The Kier molecular flexibility index (Phi) is 6.25. The van der Waals surface area contributed by atoms with Gasteiger partial charge in [-0.2, -0.15) is 0 Å². The molecule has 4 nitrogen and oxygen atoms in total. The lowest BCUT2D eigenvalue weighted by Crippen LogP contribution is -2.42. The van der Waals surface area contributed by atoms with E-state index in [1.807, 2.05) is 7.05 Å². The topological polar surface area (TPSA) is 30.9 Å². The van der Waals surface area contributed by atoms with Gasteiger partial charge in [-0.05, 0) is 31.9 Å². The number of benzene rings is 1. The Hall–Kier alpha value is -1.55. The van der Waals surface area contributed by atoms with Crippen molar-refractivity contribution in [2.24, 2.45) is 4.99 Å². The van der Waals surface area contributed by atoms with Crippen LogP contribution in [0.4, 0.5) is 0 Å². The zero-order chi connectivity index (χ0) is 15.9. The maximum Gasteiger partial charge on any atom is 0.193 e. The highest BCUT2D eigenvalue weighted by molar-refractivity contribution is 5.79. The number of aliphatic imine (C=N–C) groups is 1. The van der Waals surface area contributed by atoms with E-state index in [1.165, 1.54) is 24.0 Å². The van der Waals surface area contributed by atoms with Gasteiger partial charge in [0.1, 0.15) is 0 Å². The molecule has 0 saturated heterocycles. The van der Waals surface area contributed by atoms with Gasteiger partial charge in [0, 0.05) is 39.8 Å². The maximum atomic E-state index is 4.40. The number of hydrogen-bond donors (Lipinski definition) is 1. The molecule has 1 fully saturated rings. The number of rotatable bonds is 7. The molecule has 22 heavy (non-hydrogen) atoms. The smallest absolute Gasteiger partial charge is 0.193 e. The second-order valence-electron chi connectivity index (χ2n) is 6.18. The van der Waals surface area contributed by atoms with Gasteiger partial charge >= 0.3 is 0 Å². The largest absolute Gasteiger partial charge is 0.355 e. The summed E-state index contributed by atoms with van der Waals surface area (Å²) in [6.07, 6.45) is 2.74. The van der Waals surface area contributed by atoms with Gasteiger partial charge in [-0.25, -0.2) is 0 Å². The molecule has 0 atom stereocenters. The number of likely N-dealkylation sites (N-methyl/N-ethyl adjacent to an activating group) is 1. The summed E-state index contributed by atoms with van der Waals surface area (Å²) in [7, 11) is 3.94. The molecule has 1 aliphatic rings. The van der Waals surface area contributed by atoms with E-state index in [0.29, 0.717) is 0 Å². The summed E-state index contributed by atoms with van der Waals surface area (Å²) in [5.41, 5.74) is 2.61. The minimum Gasteiger partial charge on any atom is -0.355 e. The number of nitrogens with zero attached hydrogens (tertiary/aromatic N) is 3. The molecule has 0 unspecified atom stereocenters. The van der Waals surface area contributed by atoms with Crippen molar-refractivity contribution >= 4 is 5.96 Å². The van der Waals surface area contributed by atoms with Crippen molar-refractivity contribution < 1.29 is 0 Å². The summed E-state index contributed by atoms with van der Waals surface area (Å²) < 4.78 is 0. The first kappa shape index (κ1) is 16.8. The number of aryl methyl sites for hydroxylation is 1. The van der Waals surface area contributed by atoms with E-state index in [-0.39, 0.29) is 0 Å². The molecule has 0 aromatic heterocycles. The van der Waals surface area contributed by atoms with E-state index < -0.39 is 0 Å². The molecular weight excluding hydrogens is 272 g/mol. The second-order valence-corrected chi connectivity index (χ2v) is 6.18. The van der Waals surface area contributed by atoms with Gasteiger partial charge in [0.2, 0.25) is 0 Å². The van der Waals surface area contributed by atoms with Crippen LogP contribution in [0.25, 0.3) is 0 Å². The standard InChI is InChI=1S/C18H30N4/c1-5-22(17-10-11-17)13-12-20-18(19-3)21(4)14-16-8-6-15(2)7-9-16/h6-9,17H,5,10-14H2,1-4H3,(H,19,20). The average Bonchev–Trinajstić information content (AvgIpc) is 3.34. The predicted octanol–water partition coefficient (Wildman–Crippen LogP) is 2.49. The molecule has 0 amide bonds. The maximum absolute atomic E-state index is 4.40. The average molecular weight is 302 g/mol. The van der Waals surface area contributed by atoms with Crippen LogP contribution in [0.5, 0.6) is 0 Å². The molecule has 0 radical (unpaired) electrons. The molecule has 0 heterocycles. The van der Waals surface area contributed by atoms with Crippen LogP contribution in [-0.4, -0.2) is 55.5 Å². The van der Waals surface area contributed by atoms with Crippen molar-refractivity contribution in [3.05, 3.63) is 35.4 Å². The van der Waals surface area contributed by atoms with Gasteiger partial charge < -0.3 is 10.2 Å².